The summed E-state index contributed by atoms with van der Waals surface area (Å²) in [6.07, 6.45) is 5.64. The molecule has 100 valence electrons. The van der Waals surface area contributed by atoms with Gasteiger partial charge in [-0.15, -0.1) is 0 Å². The topological polar surface area (TPSA) is 35.2 Å². The summed E-state index contributed by atoms with van der Waals surface area (Å²) in [5.41, 5.74) is 7.21. The van der Waals surface area contributed by atoms with Crippen molar-refractivity contribution in [3.63, 3.8) is 0 Å². The number of thioether (sulfide) groups is 1. The SMILES string of the molecule is COc1cccc(C(CN)SCC2CCCC2)c1. The van der Waals surface area contributed by atoms with Crippen molar-refractivity contribution in [3.05, 3.63) is 29.8 Å². The molecule has 18 heavy (non-hydrogen) atoms. The Morgan fingerprint density at radius 2 is 2.17 bits per heavy atom. The Kier molecular flexibility index (Phi) is 5.39. The zero-order valence-electron chi connectivity index (χ0n) is 11.1. The first-order valence-corrected chi connectivity index (χ1v) is 7.84. The van der Waals surface area contributed by atoms with Gasteiger partial charge < -0.3 is 10.5 Å². The predicted molar refractivity (Wildman–Crippen MR) is 79.2 cm³/mol. The molecule has 1 aliphatic carbocycles. The van der Waals surface area contributed by atoms with Crippen molar-refractivity contribution in [2.24, 2.45) is 11.7 Å². The van der Waals surface area contributed by atoms with E-state index in [1.807, 2.05) is 23.9 Å². The molecule has 2 nitrogen and oxygen atoms in total. The molecule has 0 spiro atoms. The van der Waals surface area contributed by atoms with Crippen molar-refractivity contribution in [1.82, 2.24) is 0 Å². The second kappa shape index (κ2) is 7.05. The van der Waals surface area contributed by atoms with E-state index in [0.29, 0.717) is 11.8 Å². The Balaban J connectivity index is 1.93. The van der Waals surface area contributed by atoms with Crippen molar-refractivity contribution in [2.45, 2.75) is 30.9 Å². The monoisotopic (exact) mass is 265 g/mol. The average molecular weight is 265 g/mol. The largest absolute Gasteiger partial charge is 0.497 e. The van der Waals surface area contributed by atoms with Crippen LogP contribution in [0, 0.1) is 5.92 Å². The molecular weight excluding hydrogens is 242 g/mol. The Morgan fingerprint density at radius 3 is 2.83 bits per heavy atom. The molecular formula is C15H23NOS. The number of hydrogen-bond donors (Lipinski definition) is 1. The van der Waals surface area contributed by atoms with Crippen LogP contribution >= 0.6 is 11.8 Å². The summed E-state index contributed by atoms with van der Waals surface area (Å²) < 4.78 is 5.28. The van der Waals surface area contributed by atoms with Crippen LogP contribution in [0.4, 0.5) is 0 Å². The van der Waals surface area contributed by atoms with Crippen molar-refractivity contribution in [2.75, 3.05) is 19.4 Å². The van der Waals surface area contributed by atoms with Gasteiger partial charge in [-0.2, -0.15) is 11.8 Å². The molecule has 0 aliphatic heterocycles. The molecule has 1 unspecified atom stereocenters. The molecule has 3 heteroatoms. The molecule has 1 aromatic carbocycles. The average Bonchev–Trinajstić information content (AvgIpc) is 2.93. The Labute approximate surface area is 114 Å². The van der Waals surface area contributed by atoms with E-state index in [1.54, 1.807) is 7.11 Å². The molecule has 1 aromatic rings. The molecule has 0 bridgehead atoms. The molecule has 2 N–H and O–H groups in total. The third-order valence-corrected chi connectivity index (χ3v) is 5.22. The van der Waals surface area contributed by atoms with E-state index in [1.165, 1.54) is 37.0 Å². The first-order chi connectivity index (χ1) is 8.83. The molecule has 0 heterocycles. The van der Waals surface area contributed by atoms with E-state index in [4.69, 9.17) is 10.5 Å². The van der Waals surface area contributed by atoms with Crippen molar-refractivity contribution in [1.29, 1.82) is 0 Å². The van der Waals surface area contributed by atoms with Gasteiger partial charge in [-0.3, -0.25) is 0 Å². The van der Waals surface area contributed by atoms with Gasteiger partial charge in [0.2, 0.25) is 0 Å². The zero-order valence-corrected chi connectivity index (χ0v) is 11.9. The van der Waals surface area contributed by atoms with Crippen LogP contribution in [-0.4, -0.2) is 19.4 Å². The molecule has 1 fully saturated rings. The number of methoxy groups -OCH3 is 1. The van der Waals surface area contributed by atoms with Gasteiger partial charge in [0.05, 0.1) is 7.11 Å². The molecule has 0 aromatic heterocycles. The van der Waals surface area contributed by atoms with Gasteiger partial charge >= 0.3 is 0 Å². The Hall–Kier alpha value is -0.670. The summed E-state index contributed by atoms with van der Waals surface area (Å²) in [6, 6.07) is 8.30. The summed E-state index contributed by atoms with van der Waals surface area (Å²) in [7, 11) is 1.71. The van der Waals surface area contributed by atoms with E-state index in [0.717, 1.165) is 11.7 Å². The van der Waals surface area contributed by atoms with Gasteiger partial charge in [-0.25, -0.2) is 0 Å². The first-order valence-electron chi connectivity index (χ1n) is 6.79. The summed E-state index contributed by atoms with van der Waals surface area (Å²) in [4.78, 5) is 0. The lowest BCUT2D eigenvalue weighted by Crippen LogP contribution is -2.11. The lowest BCUT2D eigenvalue weighted by Gasteiger charge is -2.18. The van der Waals surface area contributed by atoms with Crippen LogP contribution in [0.5, 0.6) is 5.75 Å². The second-order valence-corrected chi connectivity index (χ2v) is 6.22. The first kappa shape index (κ1) is 13.8. The third kappa shape index (κ3) is 3.66. The van der Waals surface area contributed by atoms with Crippen LogP contribution in [0.1, 0.15) is 36.5 Å². The van der Waals surface area contributed by atoms with E-state index in [9.17, 15) is 0 Å². The van der Waals surface area contributed by atoms with Crippen LogP contribution in [-0.2, 0) is 0 Å². The molecule has 0 amide bonds. The molecule has 0 radical (unpaired) electrons. The number of ether oxygens (including phenoxy) is 1. The van der Waals surface area contributed by atoms with E-state index >= 15 is 0 Å². The number of nitrogens with two attached hydrogens (primary N) is 1. The number of hydrogen-bond acceptors (Lipinski definition) is 3. The van der Waals surface area contributed by atoms with Crippen molar-refractivity contribution in [3.8, 4) is 5.75 Å². The summed E-state index contributed by atoms with van der Waals surface area (Å²) in [5, 5.41) is 0.403. The third-order valence-electron chi connectivity index (χ3n) is 3.69. The predicted octanol–water partition coefficient (Wildman–Crippen LogP) is 3.62. The lowest BCUT2D eigenvalue weighted by atomic mass is 10.1. The normalized spacial score (nSPS) is 17.9. The summed E-state index contributed by atoms with van der Waals surface area (Å²) in [6.45, 7) is 0.699. The minimum atomic E-state index is 0.403. The molecule has 1 atom stereocenters. The van der Waals surface area contributed by atoms with Crippen LogP contribution in [0.15, 0.2) is 24.3 Å². The van der Waals surface area contributed by atoms with Gasteiger partial charge in [-0.05, 0) is 42.2 Å². The van der Waals surface area contributed by atoms with Gasteiger partial charge in [0, 0.05) is 11.8 Å². The van der Waals surface area contributed by atoms with Crippen LogP contribution in [0.3, 0.4) is 0 Å². The van der Waals surface area contributed by atoms with E-state index in [-0.39, 0.29) is 0 Å². The van der Waals surface area contributed by atoms with Crippen LogP contribution < -0.4 is 10.5 Å². The van der Waals surface area contributed by atoms with E-state index in [2.05, 4.69) is 12.1 Å². The minimum absolute atomic E-state index is 0.403. The smallest absolute Gasteiger partial charge is 0.119 e. The lowest BCUT2D eigenvalue weighted by molar-refractivity contribution is 0.414. The van der Waals surface area contributed by atoms with Crippen molar-refractivity contribution >= 4 is 11.8 Å². The molecule has 1 aliphatic rings. The highest BCUT2D eigenvalue weighted by molar-refractivity contribution is 7.99. The van der Waals surface area contributed by atoms with Gasteiger partial charge in [-0.1, -0.05) is 25.0 Å². The maximum absolute atomic E-state index is 5.92. The van der Waals surface area contributed by atoms with Crippen molar-refractivity contribution < 1.29 is 4.74 Å². The maximum atomic E-state index is 5.92. The fourth-order valence-corrected chi connectivity index (χ4v) is 3.88. The quantitative estimate of drug-likeness (QED) is 0.853. The number of rotatable bonds is 6. The fraction of sp³-hybridized carbons (Fsp3) is 0.600. The highest BCUT2D eigenvalue weighted by Gasteiger charge is 2.18. The van der Waals surface area contributed by atoms with Gasteiger partial charge in [0.1, 0.15) is 5.75 Å². The standard InChI is InChI=1S/C15H23NOS/c1-17-14-8-4-7-13(9-14)15(10-16)18-11-12-5-2-3-6-12/h4,7-9,12,15H,2-3,5-6,10-11,16H2,1H3. The molecule has 2 rings (SSSR count). The van der Waals surface area contributed by atoms with E-state index < -0.39 is 0 Å². The molecule has 0 saturated heterocycles. The Bertz CT molecular complexity index is 363. The van der Waals surface area contributed by atoms with Gasteiger partial charge in [0.15, 0.2) is 0 Å². The minimum Gasteiger partial charge on any atom is -0.497 e. The highest BCUT2D eigenvalue weighted by atomic mass is 32.2. The summed E-state index contributed by atoms with van der Waals surface area (Å²) >= 11 is 2.01. The summed E-state index contributed by atoms with van der Waals surface area (Å²) in [5.74, 6) is 3.08. The molecule has 1 saturated carbocycles. The number of benzene rings is 1. The van der Waals surface area contributed by atoms with Gasteiger partial charge in [0.25, 0.3) is 0 Å². The van der Waals surface area contributed by atoms with Crippen LogP contribution in [0.25, 0.3) is 0 Å². The van der Waals surface area contributed by atoms with Crippen LogP contribution in [0.2, 0.25) is 0 Å². The Morgan fingerprint density at radius 1 is 1.39 bits per heavy atom. The maximum Gasteiger partial charge on any atom is 0.119 e. The second-order valence-electron chi connectivity index (χ2n) is 4.98. The fourth-order valence-electron chi connectivity index (χ4n) is 2.57. The highest BCUT2D eigenvalue weighted by Crippen LogP contribution is 2.35. The zero-order chi connectivity index (χ0) is 12.8.